The van der Waals surface area contributed by atoms with Gasteiger partial charge in [0.05, 0.1) is 0 Å². The van der Waals surface area contributed by atoms with Crippen molar-refractivity contribution in [3.63, 3.8) is 0 Å². The van der Waals surface area contributed by atoms with Crippen molar-refractivity contribution in [2.75, 3.05) is 20.1 Å². The van der Waals surface area contributed by atoms with Gasteiger partial charge in [0.2, 0.25) is 0 Å². The molecule has 0 unspecified atom stereocenters. The van der Waals surface area contributed by atoms with Gasteiger partial charge in [-0.25, -0.2) is 0 Å². The number of hydrogen-bond donors (Lipinski definition) is 1. The Morgan fingerprint density at radius 2 is 1.75 bits per heavy atom. The maximum atomic E-state index is 3.78. The molecule has 20 heavy (non-hydrogen) atoms. The van der Waals surface area contributed by atoms with Crippen molar-refractivity contribution in [1.29, 1.82) is 0 Å². The van der Waals surface area contributed by atoms with Gasteiger partial charge in [-0.1, -0.05) is 27.2 Å². The van der Waals surface area contributed by atoms with Gasteiger partial charge < -0.3 is 10.2 Å². The molecule has 0 aromatic rings. The van der Waals surface area contributed by atoms with E-state index in [1.807, 2.05) is 0 Å². The largest absolute Gasteiger partial charge is 0.314 e. The fourth-order valence-corrected chi connectivity index (χ4v) is 3.26. The van der Waals surface area contributed by atoms with Crippen LogP contribution < -0.4 is 5.32 Å². The molecule has 2 heteroatoms. The zero-order valence-electron chi connectivity index (χ0n) is 14.8. The second-order valence-corrected chi connectivity index (χ2v) is 7.77. The summed E-state index contributed by atoms with van der Waals surface area (Å²) in [5.41, 5.74) is 0.547. The Labute approximate surface area is 127 Å². The fraction of sp³-hybridized carbons (Fsp3) is 1.00. The summed E-state index contributed by atoms with van der Waals surface area (Å²) in [4.78, 5) is 2.43. The first kappa shape index (κ1) is 18.0. The third kappa shape index (κ3) is 5.73. The van der Waals surface area contributed by atoms with E-state index in [2.05, 4.69) is 51.9 Å². The van der Waals surface area contributed by atoms with Crippen LogP contribution in [0.1, 0.15) is 73.1 Å². The highest BCUT2D eigenvalue weighted by Gasteiger charge is 2.31. The molecule has 1 N–H and O–H groups in total. The van der Waals surface area contributed by atoms with E-state index < -0.39 is 0 Å². The number of nitrogens with one attached hydrogen (secondary N) is 1. The molecule has 120 valence electrons. The summed E-state index contributed by atoms with van der Waals surface area (Å²) in [6.45, 7) is 14.2. The normalized spacial score (nSPS) is 24.6. The van der Waals surface area contributed by atoms with Crippen LogP contribution in [0.3, 0.4) is 0 Å². The zero-order valence-corrected chi connectivity index (χ0v) is 14.8. The number of hydrogen-bond acceptors (Lipinski definition) is 2. The molecular weight excluding hydrogens is 244 g/mol. The molecule has 0 aromatic carbocycles. The Bertz CT molecular complexity index is 252. The highest BCUT2D eigenvalue weighted by Crippen LogP contribution is 2.40. The Morgan fingerprint density at radius 1 is 1.15 bits per heavy atom. The maximum Gasteiger partial charge on any atom is 0.00672 e. The second-order valence-electron chi connectivity index (χ2n) is 7.77. The molecule has 0 aromatic heterocycles. The minimum absolute atomic E-state index is 0.547. The van der Waals surface area contributed by atoms with Gasteiger partial charge in [-0.3, -0.25) is 0 Å². The Morgan fingerprint density at radius 3 is 2.25 bits per heavy atom. The van der Waals surface area contributed by atoms with Crippen LogP contribution >= 0.6 is 0 Å². The molecule has 0 aliphatic heterocycles. The van der Waals surface area contributed by atoms with E-state index >= 15 is 0 Å². The minimum Gasteiger partial charge on any atom is -0.314 e. The second kappa shape index (κ2) is 8.38. The highest BCUT2D eigenvalue weighted by atomic mass is 15.1. The van der Waals surface area contributed by atoms with Gasteiger partial charge in [0.25, 0.3) is 0 Å². The van der Waals surface area contributed by atoms with Crippen molar-refractivity contribution in [3.05, 3.63) is 0 Å². The Hall–Kier alpha value is -0.0800. The molecule has 0 saturated heterocycles. The summed E-state index contributed by atoms with van der Waals surface area (Å²) in [7, 11) is 2.22. The fourth-order valence-electron chi connectivity index (χ4n) is 3.26. The summed E-state index contributed by atoms with van der Waals surface area (Å²) in [5, 5.41) is 3.78. The van der Waals surface area contributed by atoms with Crippen molar-refractivity contribution in [3.8, 4) is 0 Å². The average molecular weight is 283 g/mol. The standard InChI is InChI=1S/C18H38N2/c1-7-18(4,5)16-9-11-17(12-10-16)19-13-8-14-20(6)15(2)3/h15-17,19H,7-14H2,1-6H3. The lowest BCUT2D eigenvalue weighted by Gasteiger charge is -2.39. The Balaban J connectivity index is 2.14. The van der Waals surface area contributed by atoms with E-state index in [-0.39, 0.29) is 0 Å². The first-order valence-electron chi connectivity index (χ1n) is 8.80. The summed E-state index contributed by atoms with van der Waals surface area (Å²) < 4.78 is 0. The van der Waals surface area contributed by atoms with Crippen molar-refractivity contribution < 1.29 is 0 Å². The highest BCUT2D eigenvalue weighted by molar-refractivity contribution is 4.84. The van der Waals surface area contributed by atoms with Gasteiger partial charge in [-0.15, -0.1) is 0 Å². The van der Waals surface area contributed by atoms with Gasteiger partial charge in [-0.05, 0) is 77.4 Å². The van der Waals surface area contributed by atoms with Crippen molar-refractivity contribution in [1.82, 2.24) is 10.2 Å². The van der Waals surface area contributed by atoms with Gasteiger partial charge in [0.1, 0.15) is 0 Å². The van der Waals surface area contributed by atoms with Crippen LogP contribution in [-0.4, -0.2) is 37.1 Å². The zero-order chi connectivity index (χ0) is 15.2. The third-order valence-corrected chi connectivity index (χ3v) is 5.75. The monoisotopic (exact) mass is 282 g/mol. The summed E-state index contributed by atoms with van der Waals surface area (Å²) >= 11 is 0. The van der Waals surface area contributed by atoms with Crippen LogP contribution in [0.2, 0.25) is 0 Å². The number of rotatable bonds is 8. The number of nitrogens with zero attached hydrogens (tertiary/aromatic N) is 1. The lowest BCUT2D eigenvalue weighted by molar-refractivity contribution is 0.136. The topological polar surface area (TPSA) is 15.3 Å². The minimum atomic E-state index is 0.547. The maximum absolute atomic E-state index is 3.78. The first-order valence-corrected chi connectivity index (χ1v) is 8.80. The van der Waals surface area contributed by atoms with Gasteiger partial charge in [-0.2, -0.15) is 0 Å². The molecular formula is C18H38N2. The van der Waals surface area contributed by atoms with Crippen molar-refractivity contribution in [2.45, 2.75) is 85.2 Å². The van der Waals surface area contributed by atoms with Gasteiger partial charge in [0, 0.05) is 12.1 Å². The molecule has 0 amide bonds. The SMILES string of the molecule is CCC(C)(C)C1CCC(NCCCN(C)C(C)C)CC1. The van der Waals surface area contributed by atoms with Gasteiger partial charge >= 0.3 is 0 Å². The summed E-state index contributed by atoms with van der Waals surface area (Å²) in [5.74, 6) is 0.942. The molecule has 0 atom stereocenters. The molecule has 1 saturated carbocycles. The van der Waals surface area contributed by atoms with E-state index in [1.165, 1.54) is 51.6 Å². The molecule has 0 heterocycles. The molecule has 2 nitrogen and oxygen atoms in total. The van der Waals surface area contributed by atoms with Crippen LogP contribution in [0.5, 0.6) is 0 Å². The average Bonchev–Trinajstić information content (AvgIpc) is 2.43. The lowest BCUT2D eigenvalue weighted by atomic mass is 9.69. The van der Waals surface area contributed by atoms with Crippen LogP contribution in [0.25, 0.3) is 0 Å². The van der Waals surface area contributed by atoms with Crippen molar-refractivity contribution >= 4 is 0 Å². The molecule has 1 fully saturated rings. The van der Waals surface area contributed by atoms with Crippen LogP contribution in [0, 0.1) is 11.3 Å². The smallest absolute Gasteiger partial charge is 0.00672 e. The van der Waals surface area contributed by atoms with Crippen LogP contribution in [-0.2, 0) is 0 Å². The lowest BCUT2D eigenvalue weighted by Crippen LogP contribution is -2.38. The molecule has 0 bridgehead atoms. The van der Waals surface area contributed by atoms with E-state index in [0.29, 0.717) is 11.5 Å². The molecule has 1 aliphatic carbocycles. The Kier molecular flexibility index (Phi) is 7.53. The van der Waals surface area contributed by atoms with E-state index in [4.69, 9.17) is 0 Å². The van der Waals surface area contributed by atoms with E-state index in [0.717, 1.165) is 12.0 Å². The third-order valence-electron chi connectivity index (χ3n) is 5.75. The quantitative estimate of drug-likeness (QED) is 0.668. The predicted octanol–water partition coefficient (Wildman–Crippen LogP) is 4.30. The van der Waals surface area contributed by atoms with Crippen molar-refractivity contribution in [2.24, 2.45) is 11.3 Å². The summed E-state index contributed by atoms with van der Waals surface area (Å²) in [6.07, 6.45) is 8.20. The molecule has 1 rings (SSSR count). The van der Waals surface area contributed by atoms with Crippen LogP contribution in [0.4, 0.5) is 0 Å². The summed E-state index contributed by atoms with van der Waals surface area (Å²) in [6, 6.07) is 1.45. The van der Waals surface area contributed by atoms with E-state index in [1.54, 1.807) is 0 Å². The van der Waals surface area contributed by atoms with Crippen LogP contribution in [0.15, 0.2) is 0 Å². The molecule has 1 aliphatic rings. The first-order chi connectivity index (χ1) is 9.36. The molecule has 0 radical (unpaired) electrons. The predicted molar refractivity (Wildman–Crippen MR) is 90.2 cm³/mol. The molecule has 0 spiro atoms. The van der Waals surface area contributed by atoms with E-state index in [9.17, 15) is 0 Å². The van der Waals surface area contributed by atoms with Gasteiger partial charge in [0.15, 0.2) is 0 Å².